The Balaban J connectivity index is 2.29. The van der Waals surface area contributed by atoms with Gasteiger partial charge in [-0.25, -0.2) is 0 Å². The molecule has 9 heavy (non-hydrogen) atoms. The van der Waals surface area contributed by atoms with Crippen molar-refractivity contribution >= 4 is 23.3 Å². The number of hydrogen-bond acceptors (Lipinski definition) is 3. The van der Waals surface area contributed by atoms with E-state index in [1.807, 2.05) is 0 Å². The van der Waals surface area contributed by atoms with Gasteiger partial charge in [0.15, 0.2) is 0 Å². The van der Waals surface area contributed by atoms with Crippen molar-refractivity contribution in [3.05, 3.63) is 0 Å². The normalized spacial score (nSPS) is 25.8. The number of rotatable bonds is 2. The largest absolute Gasteiger partial charge is 0.343 e. The number of carbonyl (C=O) groups excluding carboxylic acids is 2. The fraction of sp³-hybridized carbons (Fsp3) is 0.600. The molecule has 1 amide bonds. The summed E-state index contributed by atoms with van der Waals surface area (Å²) in [6, 6.07) is 0.0278. The lowest BCUT2D eigenvalue weighted by Gasteiger charge is -1.99. The molecule has 1 N–H and O–H groups in total. The van der Waals surface area contributed by atoms with Crippen LogP contribution in [-0.4, -0.2) is 23.3 Å². The van der Waals surface area contributed by atoms with Crippen molar-refractivity contribution in [2.45, 2.75) is 12.5 Å². The van der Waals surface area contributed by atoms with Crippen molar-refractivity contribution in [2.75, 3.05) is 5.75 Å². The third-order valence-electron chi connectivity index (χ3n) is 1.07. The Morgan fingerprint density at radius 3 is 3.11 bits per heavy atom. The second-order valence-corrected chi connectivity index (χ2v) is 2.78. The molecule has 0 aromatic heterocycles. The van der Waals surface area contributed by atoms with Crippen molar-refractivity contribution < 1.29 is 9.59 Å². The Bertz CT molecular complexity index is 137. The van der Waals surface area contributed by atoms with Crippen molar-refractivity contribution in [2.24, 2.45) is 0 Å². The Morgan fingerprint density at radius 1 is 1.89 bits per heavy atom. The van der Waals surface area contributed by atoms with Gasteiger partial charge >= 0.3 is 0 Å². The number of hydrogen-bond donors (Lipinski definition) is 1. The molecule has 49 valence electrons. The summed E-state index contributed by atoms with van der Waals surface area (Å²) in [4.78, 5) is 20.2. The van der Waals surface area contributed by atoms with E-state index >= 15 is 0 Å². The molecule has 1 heterocycles. The topological polar surface area (TPSA) is 46.2 Å². The van der Waals surface area contributed by atoms with E-state index in [0.29, 0.717) is 12.2 Å². The van der Waals surface area contributed by atoms with Gasteiger partial charge in [-0.15, -0.1) is 0 Å². The average molecular weight is 144 g/mol. The van der Waals surface area contributed by atoms with Crippen LogP contribution < -0.4 is 5.32 Å². The molecule has 0 saturated carbocycles. The third-order valence-corrected chi connectivity index (χ3v) is 2.02. The zero-order chi connectivity index (χ0) is 6.69. The molecule has 1 fully saturated rings. The molecule has 0 aromatic rings. The zero-order valence-electron chi connectivity index (χ0n) is 4.72. The lowest BCUT2D eigenvalue weighted by atomic mass is 10.3. The molecule has 1 aliphatic rings. The summed E-state index contributed by atoms with van der Waals surface area (Å²) in [5.41, 5.74) is 0. The predicted octanol–water partition coefficient (Wildman–Crippen LogP) is 0.311. The minimum Gasteiger partial charge on any atom is -0.343 e. The van der Waals surface area contributed by atoms with Crippen LogP contribution in [0.25, 0.3) is 0 Å². The Morgan fingerprint density at radius 2 is 2.67 bits per heavy atom. The van der Waals surface area contributed by atoms with Crippen LogP contribution in [0, 0.1) is 0 Å². The molecular formula is C5H6NO2S. The van der Waals surface area contributed by atoms with Crippen molar-refractivity contribution in [3.8, 4) is 0 Å². The SMILES string of the molecule is O=[C]CC1CSC(=O)N1. The molecule has 0 spiro atoms. The lowest BCUT2D eigenvalue weighted by molar-refractivity contribution is 0.260. The first-order valence-corrected chi connectivity index (χ1v) is 3.60. The summed E-state index contributed by atoms with van der Waals surface area (Å²) >= 11 is 1.22. The van der Waals surface area contributed by atoms with Crippen molar-refractivity contribution in [3.63, 3.8) is 0 Å². The Labute approximate surface area is 57.2 Å². The van der Waals surface area contributed by atoms with E-state index in [4.69, 9.17) is 0 Å². The molecule has 1 atom stereocenters. The lowest BCUT2D eigenvalue weighted by Crippen LogP contribution is -2.25. The molecule has 0 bridgehead atoms. The quantitative estimate of drug-likeness (QED) is 0.606. The van der Waals surface area contributed by atoms with Gasteiger partial charge < -0.3 is 5.32 Å². The minimum atomic E-state index is -0.0322. The smallest absolute Gasteiger partial charge is 0.279 e. The van der Waals surface area contributed by atoms with Gasteiger partial charge in [-0.3, -0.25) is 9.59 Å². The molecule has 1 unspecified atom stereocenters. The van der Waals surface area contributed by atoms with Gasteiger partial charge in [0.25, 0.3) is 5.24 Å². The van der Waals surface area contributed by atoms with Crippen LogP contribution in [0.15, 0.2) is 0 Å². The summed E-state index contributed by atoms with van der Waals surface area (Å²) < 4.78 is 0. The van der Waals surface area contributed by atoms with Crippen LogP contribution in [0.4, 0.5) is 4.79 Å². The maximum absolute atomic E-state index is 10.5. The second kappa shape index (κ2) is 2.87. The molecule has 4 heteroatoms. The minimum absolute atomic E-state index is 0.0278. The molecule has 1 rings (SSSR count). The van der Waals surface area contributed by atoms with Crippen molar-refractivity contribution in [1.82, 2.24) is 5.32 Å². The summed E-state index contributed by atoms with van der Waals surface area (Å²) in [6.45, 7) is 0. The molecule has 1 aliphatic heterocycles. The first-order valence-electron chi connectivity index (χ1n) is 2.61. The first-order chi connectivity index (χ1) is 4.33. The average Bonchev–Trinajstić information content (AvgIpc) is 2.17. The van der Waals surface area contributed by atoms with Crippen LogP contribution in [0.5, 0.6) is 0 Å². The highest BCUT2D eigenvalue weighted by atomic mass is 32.2. The summed E-state index contributed by atoms with van der Waals surface area (Å²) in [7, 11) is 0. The monoisotopic (exact) mass is 144 g/mol. The molecule has 1 saturated heterocycles. The predicted molar refractivity (Wildman–Crippen MR) is 35.1 cm³/mol. The molecule has 3 nitrogen and oxygen atoms in total. The highest BCUT2D eigenvalue weighted by Gasteiger charge is 2.20. The van der Waals surface area contributed by atoms with Gasteiger partial charge in [-0.2, -0.15) is 0 Å². The van der Waals surface area contributed by atoms with Gasteiger partial charge in [0.2, 0.25) is 6.29 Å². The summed E-state index contributed by atoms with van der Waals surface area (Å²) in [5.74, 6) is 0.702. The van der Waals surface area contributed by atoms with E-state index in [9.17, 15) is 9.59 Å². The van der Waals surface area contributed by atoms with Gasteiger partial charge in [0, 0.05) is 18.2 Å². The first kappa shape index (κ1) is 6.61. The number of carbonyl (C=O) groups is 1. The number of thioether (sulfide) groups is 1. The summed E-state index contributed by atoms with van der Waals surface area (Å²) in [5, 5.41) is 2.58. The van der Waals surface area contributed by atoms with E-state index in [-0.39, 0.29) is 11.3 Å². The van der Waals surface area contributed by atoms with Gasteiger partial charge in [-0.05, 0) is 0 Å². The highest BCUT2D eigenvalue weighted by Crippen LogP contribution is 2.13. The third kappa shape index (κ3) is 1.71. The molecule has 0 aromatic carbocycles. The number of amides is 1. The van der Waals surface area contributed by atoms with Crippen LogP contribution in [0.1, 0.15) is 6.42 Å². The molecule has 0 aliphatic carbocycles. The molecular weight excluding hydrogens is 138 g/mol. The number of nitrogens with one attached hydrogen (secondary N) is 1. The van der Waals surface area contributed by atoms with Gasteiger partial charge in [-0.1, -0.05) is 11.8 Å². The maximum atomic E-state index is 10.5. The van der Waals surface area contributed by atoms with E-state index in [1.165, 1.54) is 11.8 Å². The van der Waals surface area contributed by atoms with E-state index in [0.717, 1.165) is 0 Å². The van der Waals surface area contributed by atoms with Crippen LogP contribution in [-0.2, 0) is 4.79 Å². The fourth-order valence-electron chi connectivity index (χ4n) is 0.637. The van der Waals surface area contributed by atoms with Crippen molar-refractivity contribution in [1.29, 1.82) is 0 Å². The Hall–Kier alpha value is -0.510. The second-order valence-electron chi connectivity index (χ2n) is 1.79. The van der Waals surface area contributed by atoms with Gasteiger partial charge in [0.1, 0.15) is 0 Å². The van der Waals surface area contributed by atoms with E-state index in [1.54, 1.807) is 6.29 Å². The van der Waals surface area contributed by atoms with E-state index < -0.39 is 0 Å². The standard InChI is InChI=1S/C5H6NO2S/c7-2-1-4-3-9-5(8)6-4/h4H,1,3H2,(H,6,8). The van der Waals surface area contributed by atoms with Crippen LogP contribution in [0.2, 0.25) is 0 Å². The zero-order valence-corrected chi connectivity index (χ0v) is 5.53. The molecule has 1 radical (unpaired) electrons. The van der Waals surface area contributed by atoms with E-state index in [2.05, 4.69) is 5.32 Å². The van der Waals surface area contributed by atoms with Gasteiger partial charge in [0.05, 0.1) is 0 Å². The van der Waals surface area contributed by atoms with Crippen LogP contribution in [0.3, 0.4) is 0 Å². The maximum Gasteiger partial charge on any atom is 0.279 e. The summed E-state index contributed by atoms with van der Waals surface area (Å²) in [6.07, 6.45) is 2.07. The highest BCUT2D eigenvalue weighted by molar-refractivity contribution is 8.13. The fourth-order valence-corrected chi connectivity index (χ4v) is 1.44. The Kier molecular flexibility index (Phi) is 2.10. The van der Waals surface area contributed by atoms with Crippen LogP contribution >= 0.6 is 11.8 Å².